The lowest BCUT2D eigenvalue weighted by Crippen LogP contribution is -2.37. The molecular formula is C21H30N4O. The van der Waals surface area contributed by atoms with Crippen molar-refractivity contribution >= 4 is 6.03 Å². The summed E-state index contributed by atoms with van der Waals surface area (Å²) in [7, 11) is 0. The quantitative estimate of drug-likeness (QED) is 0.775. The zero-order chi connectivity index (χ0) is 18.5. The topological polar surface area (TPSA) is 59.0 Å². The molecular weight excluding hydrogens is 324 g/mol. The van der Waals surface area contributed by atoms with Crippen LogP contribution in [0.4, 0.5) is 4.79 Å². The summed E-state index contributed by atoms with van der Waals surface area (Å²) in [6.07, 6.45) is 5.78. The first-order chi connectivity index (χ1) is 12.5. The van der Waals surface area contributed by atoms with Gasteiger partial charge in [0, 0.05) is 18.8 Å². The third-order valence-electron chi connectivity index (χ3n) is 5.16. The maximum Gasteiger partial charge on any atom is 0.315 e. The van der Waals surface area contributed by atoms with Gasteiger partial charge in [-0.1, -0.05) is 18.2 Å². The Morgan fingerprint density at radius 2 is 1.96 bits per heavy atom. The lowest BCUT2D eigenvalue weighted by atomic mass is 9.89. The van der Waals surface area contributed by atoms with Crippen LogP contribution in [0.15, 0.2) is 24.3 Å². The lowest BCUT2D eigenvalue weighted by molar-refractivity contribution is 0.237. The lowest BCUT2D eigenvalue weighted by Gasteiger charge is -2.20. The first kappa shape index (κ1) is 18.5. The molecule has 0 radical (unpaired) electrons. The Balaban J connectivity index is 1.43. The average molecular weight is 354 g/mol. The van der Waals surface area contributed by atoms with Crippen molar-refractivity contribution in [2.45, 2.75) is 65.5 Å². The zero-order valence-corrected chi connectivity index (χ0v) is 16.1. The van der Waals surface area contributed by atoms with Crippen LogP contribution in [0.5, 0.6) is 0 Å². The van der Waals surface area contributed by atoms with E-state index in [0.717, 1.165) is 30.8 Å². The van der Waals surface area contributed by atoms with Crippen LogP contribution in [0.1, 0.15) is 60.3 Å². The number of urea groups is 1. The van der Waals surface area contributed by atoms with Gasteiger partial charge in [-0.25, -0.2) is 4.79 Å². The van der Waals surface area contributed by atoms with E-state index in [9.17, 15) is 4.79 Å². The van der Waals surface area contributed by atoms with E-state index in [1.165, 1.54) is 36.0 Å². The fraction of sp³-hybridized carbons (Fsp3) is 0.524. The highest BCUT2D eigenvalue weighted by Crippen LogP contribution is 2.24. The monoisotopic (exact) mass is 354 g/mol. The largest absolute Gasteiger partial charge is 0.338 e. The molecule has 2 N–H and O–H groups in total. The normalized spacial score (nSPS) is 14.6. The fourth-order valence-corrected chi connectivity index (χ4v) is 3.69. The van der Waals surface area contributed by atoms with Gasteiger partial charge in [0.25, 0.3) is 0 Å². The SMILES string of the molecule is Cc1cc(C)n(CCCNC(=O)N[C@@H](C)c2ccc3c(c2)CCCC3)n1. The summed E-state index contributed by atoms with van der Waals surface area (Å²) in [5, 5.41) is 10.4. The van der Waals surface area contributed by atoms with E-state index < -0.39 is 0 Å². The summed E-state index contributed by atoms with van der Waals surface area (Å²) in [6.45, 7) is 7.55. The molecule has 26 heavy (non-hydrogen) atoms. The highest BCUT2D eigenvalue weighted by atomic mass is 16.2. The van der Waals surface area contributed by atoms with Crippen LogP contribution in [0, 0.1) is 13.8 Å². The maximum absolute atomic E-state index is 12.2. The minimum atomic E-state index is -0.108. The molecule has 1 aromatic heterocycles. The van der Waals surface area contributed by atoms with Crippen molar-refractivity contribution in [3.63, 3.8) is 0 Å². The predicted octanol–water partition coefficient (Wildman–Crippen LogP) is 3.83. The number of hydrogen-bond donors (Lipinski definition) is 2. The number of carbonyl (C=O) groups excluding carboxylic acids is 1. The summed E-state index contributed by atoms with van der Waals surface area (Å²) in [6, 6.07) is 8.62. The minimum absolute atomic E-state index is 0.0123. The number of fused-ring (bicyclic) bond motifs is 1. The molecule has 0 spiro atoms. The van der Waals surface area contributed by atoms with Crippen LogP contribution >= 0.6 is 0 Å². The Bertz CT molecular complexity index is 765. The van der Waals surface area contributed by atoms with Crippen molar-refractivity contribution < 1.29 is 4.79 Å². The molecule has 2 aromatic rings. The third-order valence-corrected chi connectivity index (χ3v) is 5.16. The van der Waals surface area contributed by atoms with Crippen LogP contribution < -0.4 is 10.6 Å². The molecule has 1 heterocycles. The molecule has 1 aliphatic carbocycles. The molecule has 140 valence electrons. The van der Waals surface area contributed by atoms with E-state index in [-0.39, 0.29) is 12.1 Å². The second-order valence-electron chi connectivity index (χ2n) is 7.36. The Labute approximate surface area is 156 Å². The second kappa shape index (κ2) is 8.39. The van der Waals surface area contributed by atoms with Gasteiger partial charge in [-0.2, -0.15) is 5.10 Å². The van der Waals surface area contributed by atoms with Crippen molar-refractivity contribution in [1.29, 1.82) is 0 Å². The molecule has 0 unspecified atom stereocenters. The standard InChI is InChI=1S/C21H30N4O/c1-15-13-16(2)25(24-15)12-6-11-22-21(26)23-17(3)19-10-9-18-7-4-5-8-20(18)14-19/h9-10,13-14,17H,4-8,11-12H2,1-3H3,(H2,22,23,26)/t17-/m0/s1. The molecule has 0 bridgehead atoms. The van der Waals surface area contributed by atoms with Gasteiger partial charge in [0.15, 0.2) is 0 Å². The predicted molar refractivity (Wildman–Crippen MR) is 104 cm³/mol. The van der Waals surface area contributed by atoms with Gasteiger partial charge < -0.3 is 10.6 Å². The van der Waals surface area contributed by atoms with Crippen LogP contribution in [0.25, 0.3) is 0 Å². The third kappa shape index (κ3) is 4.65. The Morgan fingerprint density at radius 3 is 2.69 bits per heavy atom. The number of amides is 2. The van der Waals surface area contributed by atoms with E-state index >= 15 is 0 Å². The summed E-state index contributed by atoms with van der Waals surface area (Å²) in [5.41, 5.74) is 6.30. The molecule has 1 atom stereocenters. The molecule has 0 fully saturated rings. The molecule has 0 aliphatic heterocycles. The number of nitrogens with one attached hydrogen (secondary N) is 2. The summed E-state index contributed by atoms with van der Waals surface area (Å²) >= 11 is 0. The van der Waals surface area contributed by atoms with Gasteiger partial charge >= 0.3 is 6.03 Å². The number of carbonyl (C=O) groups is 1. The number of aromatic nitrogens is 2. The summed E-state index contributed by atoms with van der Waals surface area (Å²) in [5.74, 6) is 0. The second-order valence-corrected chi connectivity index (χ2v) is 7.36. The van der Waals surface area contributed by atoms with Crippen molar-refractivity contribution in [3.8, 4) is 0 Å². The van der Waals surface area contributed by atoms with E-state index in [1.807, 2.05) is 18.5 Å². The molecule has 0 saturated carbocycles. The molecule has 2 amide bonds. The van der Waals surface area contributed by atoms with Crippen molar-refractivity contribution in [2.24, 2.45) is 0 Å². The number of hydrogen-bond acceptors (Lipinski definition) is 2. The van der Waals surface area contributed by atoms with Crippen LogP contribution in [-0.4, -0.2) is 22.4 Å². The minimum Gasteiger partial charge on any atom is -0.338 e. The molecule has 1 aromatic carbocycles. The smallest absolute Gasteiger partial charge is 0.315 e. The van der Waals surface area contributed by atoms with E-state index in [4.69, 9.17) is 0 Å². The Kier molecular flexibility index (Phi) is 5.96. The van der Waals surface area contributed by atoms with Crippen LogP contribution in [-0.2, 0) is 19.4 Å². The van der Waals surface area contributed by atoms with Gasteiger partial charge in [-0.3, -0.25) is 4.68 Å². The first-order valence-electron chi connectivity index (χ1n) is 9.70. The fourth-order valence-electron chi connectivity index (χ4n) is 3.69. The molecule has 3 rings (SSSR count). The Hall–Kier alpha value is -2.30. The van der Waals surface area contributed by atoms with E-state index in [1.54, 1.807) is 0 Å². The maximum atomic E-state index is 12.2. The van der Waals surface area contributed by atoms with Crippen molar-refractivity contribution in [2.75, 3.05) is 6.54 Å². The number of rotatable bonds is 6. The molecule has 5 heteroatoms. The number of aryl methyl sites for hydroxylation is 5. The molecule has 5 nitrogen and oxygen atoms in total. The highest BCUT2D eigenvalue weighted by Gasteiger charge is 2.14. The van der Waals surface area contributed by atoms with Gasteiger partial charge in [0.05, 0.1) is 11.7 Å². The Morgan fingerprint density at radius 1 is 1.19 bits per heavy atom. The number of benzene rings is 1. The molecule has 1 aliphatic rings. The molecule has 0 saturated heterocycles. The van der Waals surface area contributed by atoms with Crippen LogP contribution in [0.3, 0.4) is 0 Å². The number of nitrogens with zero attached hydrogens (tertiary/aromatic N) is 2. The summed E-state index contributed by atoms with van der Waals surface area (Å²) < 4.78 is 1.99. The van der Waals surface area contributed by atoms with Gasteiger partial charge in [0.2, 0.25) is 0 Å². The highest BCUT2D eigenvalue weighted by molar-refractivity contribution is 5.74. The van der Waals surface area contributed by atoms with Gasteiger partial charge in [-0.05, 0) is 75.6 Å². The van der Waals surface area contributed by atoms with E-state index in [0.29, 0.717) is 6.54 Å². The van der Waals surface area contributed by atoms with Crippen molar-refractivity contribution in [3.05, 3.63) is 52.3 Å². The van der Waals surface area contributed by atoms with Crippen molar-refractivity contribution in [1.82, 2.24) is 20.4 Å². The van der Waals surface area contributed by atoms with Gasteiger partial charge in [-0.15, -0.1) is 0 Å². The van der Waals surface area contributed by atoms with Crippen LogP contribution in [0.2, 0.25) is 0 Å². The average Bonchev–Trinajstić information content (AvgIpc) is 2.95. The first-order valence-corrected chi connectivity index (χ1v) is 9.70. The van der Waals surface area contributed by atoms with E-state index in [2.05, 4.69) is 46.9 Å². The zero-order valence-electron chi connectivity index (χ0n) is 16.1. The van der Waals surface area contributed by atoms with Gasteiger partial charge in [0.1, 0.15) is 0 Å². The summed E-state index contributed by atoms with van der Waals surface area (Å²) in [4.78, 5) is 12.2.